The van der Waals surface area contributed by atoms with Crippen molar-refractivity contribution in [3.63, 3.8) is 0 Å². The van der Waals surface area contributed by atoms with Gasteiger partial charge in [-0.2, -0.15) is 0 Å². The molecule has 0 amide bonds. The Hall–Kier alpha value is -1.51. The molecule has 0 saturated heterocycles. The van der Waals surface area contributed by atoms with E-state index in [0.717, 1.165) is 16.9 Å². The Morgan fingerprint density at radius 3 is 2.44 bits per heavy atom. The zero-order chi connectivity index (χ0) is 13.7. The van der Waals surface area contributed by atoms with Gasteiger partial charge in [-0.15, -0.1) is 0 Å². The highest BCUT2D eigenvalue weighted by Crippen LogP contribution is 2.30. The Morgan fingerprint density at radius 1 is 1.33 bits per heavy atom. The molecule has 1 aromatic carbocycles. The van der Waals surface area contributed by atoms with Crippen LogP contribution in [-0.4, -0.2) is 19.7 Å². The third-order valence-electron chi connectivity index (χ3n) is 3.02. The largest absolute Gasteiger partial charge is 0.497 e. The Balaban J connectivity index is 3.10. The van der Waals surface area contributed by atoms with Crippen LogP contribution in [0.25, 0.3) is 0 Å². The lowest BCUT2D eigenvalue weighted by Crippen LogP contribution is -2.21. The van der Waals surface area contributed by atoms with Crippen molar-refractivity contribution in [2.75, 3.05) is 13.7 Å². The van der Waals surface area contributed by atoms with Crippen LogP contribution in [-0.2, 0) is 9.53 Å². The zero-order valence-electron chi connectivity index (χ0n) is 11.8. The van der Waals surface area contributed by atoms with Crippen LogP contribution in [0.4, 0.5) is 0 Å². The van der Waals surface area contributed by atoms with Crippen LogP contribution >= 0.6 is 0 Å². The van der Waals surface area contributed by atoms with E-state index in [9.17, 15) is 4.79 Å². The van der Waals surface area contributed by atoms with Gasteiger partial charge in [0.2, 0.25) is 0 Å². The smallest absolute Gasteiger partial charge is 0.313 e. The number of ether oxygens (including phenoxy) is 2. The van der Waals surface area contributed by atoms with Crippen LogP contribution in [0.2, 0.25) is 0 Å². The van der Waals surface area contributed by atoms with Crippen molar-refractivity contribution in [2.45, 2.75) is 33.6 Å². The number of rotatable bonds is 5. The standard InChI is InChI=1S/C15H22O3/c1-6-18-15(16)14(10(2)3)13-8-7-12(17-5)9-11(13)4/h7-10,14H,6H2,1-5H3. The topological polar surface area (TPSA) is 35.5 Å². The Labute approximate surface area is 109 Å². The van der Waals surface area contributed by atoms with Gasteiger partial charge in [0.05, 0.1) is 19.6 Å². The second-order valence-electron chi connectivity index (χ2n) is 4.70. The van der Waals surface area contributed by atoms with Gasteiger partial charge in [0, 0.05) is 0 Å². The van der Waals surface area contributed by atoms with E-state index in [-0.39, 0.29) is 17.8 Å². The lowest BCUT2D eigenvalue weighted by atomic mass is 9.86. The van der Waals surface area contributed by atoms with Gasteiger partial charge in [-0.05, 0) is 43.0 Å². The summed E-state index contributed by atoms with van der Waals surface area (Å²) in [6.45, 7) is 8.30. The van der Waals surface area contributed by atoms with Gasteiger partial charge in [-0.25, -0.2) is 0 Å². The van der Waals surface area contributed by atoms with Gasteiger partial charge in [0.25, 0.3) is 0 Å². The van der Waals surface area contributed by atoms with Gasteiger partial charge < -0.3 is 9.47 Å². The first-order valence-electron chi connectivity index (χ1n) is 6.32. The van der Waals surface area contributed by atoms with Gasteiger partial charge in [-0.1, -0.05) is 19.9 Å². The van der Waals surface area contributed by atoms with Crippen molar-refractivity contribution in [1.29, 1.82) is 0 Å². The third kappa shape index (κ3) is 3.25. The van der Waals surface area contributed by atoms with Crippen LogP contribution in [0, 0.1) is 12.8 Å². The highest BCUT2D eigenvalue weighted by Gasteiger charge is 2.26. The molecule has 1 atom stereocenters. The van der Waals surface area contributed by atoms with Crippen LogP contribution in [0.3, 0.4) is 0 Å². The predicted octanol–water partition coefficient (Wildman–Crippen LogP) is 3.31. The molecule has 0 aliphatic heterocycles. The third-order valence-corrected chi connectivity index (χ3v) is 3.02. The molecule has 1 unspecified atom stereocenters. The maximum absolute atomic E-state index is 12.0. The number of hydrogen-bond donors (Lipinski definition) is 0. The molecule has 0 bridgehead atoms. The van der Waals surface area contributed by atoms with E-state index in [0.29, 0.717) is 6.61 Å². The summed E-state index contributed by atoms with van der Waals surface area (Å²) in [5, 5.41) is 0. The summed E-state index contributed by atoms with van der Waals surface area (Å²) in [6.07, 6.45) is 0. The summed E-state index contributed by atoms with van der Waals surface area (Å²) < 4.78 is 10.3. The number of aryl methyl sites for hydroxylation is 1. The molecule has 0 spiro atoms. The average molecular weight is 250 g/mol. The van der Waals surface area contributed by atoms with E-state index in [1.54, 1.807) is 7.11 Å². The first kappa shape index (κ1) is 14.6. The first-order chi connectivity index (χ1) is 8.51. The molecule has 3 nitrogen and oxygen atoms in total. The van der Waals surface area contributed by atoms with E-state index in [1.807, 2.05) is 45.9 Å². The van der Waals surface area contributed by atoms with Gasteiger partial charge in [0.15, 0.2) is 0 Å². The molecule has 0 aliphatic rings. The normalized spacial score (nSPS) is 12.3. The van der Waals surface area contributed by atoms with Crippen molar-refractivity contribution in [3.05, 3.63) is 29.3 Å². The van der Waals surface area contributed by atoms with Crippen LogP contribution in [0.1, 0.15) is 37.8 Å². The fourth-order valence-electron chi connectivity index (χ4n) is 2.11. The molecule has 0 heterocycles. The van der Waals surface area contributed by atoms with Crippen molar-refractivity contribution in [1.82, 2.24) is 0 Å². The molecule has 0 N–H and O–H groups in total. The molecule has 0 radical (unpaired) electrons. The molecule has 1 aromatic rings. The van der Waals surface area contributed by atoms with E-state index in [2.05, 4.69) is 0 Å². The summed E-state index contributed by atoms with van der Waals surface area (Å²) >= 11 is 0. The Morgan fingerprint density at radius 2 is 2.00 bits per heavy atom. The summed E-state index contributed by atoms with van der Waals surface area (Å²) in [6, 6.07) is 5.79. The van der Waals surface area contributed by atoms with E-state index in [4.69, 9.17) is 9.47 Å². The summed E-state index contributed by atoms with van der Waals surface area (Å²) in [7, 11) is 1.64. The SMILES string of the molecule is CCOC(=O)C(c1ccc(OC)cc1C)C(C)C. The first-order valence-corrected chi connectivity index (χ1v) is 6.32. The van der Waals surface area contributed by atoms with Crippen molar-refractivity contribution >= 4 is 5.97 Å². The quantitative estimate of drug-likeness (QED) is 0.752. The van der Waals surface area contributed by atoms with Gasteiger partial charge >= 0.3 is 5.97 Å². The van der Waals surface area contributed by atoms with Gasteiger partial charge in [0.1, 0.15) is 5.75 Å². The highest BCUT2D eigenvalue weighted by molar-refractivity contribution is 5.79. The average Bonchev–Trinajstić information content (AvgIpc) is 2.31. The molecule has 1 rings (SSSR count). The number of esters is 1. The molecule has 0 aromatic heterocycles. The molecule has 100 valence electrons. The highest BCUT2D eigenvalue weighted by atomic mass is 16.5. The van der Waals surface area contributed by atoms with Crippen LogP contribution in [0.5, 0.6) is 5.75 Å². The predicted molar refractivity (Wildman–Crippen MR) is 71.9 cm³/mol. The lowest BCUT2D eigenvalue weighted by molar-refractivity contribution is -0.146. The summed E-state index contributed by atoms with van der Waals surface area (Å²) in [5.41, 5.74) is 2.07. The van der Waals surface area contributed by atoms with Crippen LogP contribution < -0.4 is 4.74 Å². The molecule has 18 heavy (non-hydrogen) atoms. The fraction of sp³-hybridized carbons (Fsp3) is 0.533. The number of benzene rings is 1. The number of methoxy groups -OCH3 is 1. The molecular weight excluding hydrogens is 228 g/mol. The molecule has 0 saturated carbocycles. The maximum atomic E-state index is 12.0. The number of carbonyl (C=O) groups excluding carboxylic acids is 1. The zero-order valence-corrected chi connectivity index (χ0v) is 11.8. The second-order valence-corrected chi connectivity index (χ2v) is 4.70. The fourth-order valence-corrected chi connectivity index (χ4v) is 2.11. The molecule has 3 heteroatoms. The summed E-state index contributed by atoms with van der Waals surface area (Å²) in [5.74, 6) is 0.649. The minimum atomic E-state index is -0.212. The molecule has 0 aliphatic carbocycles. The van der Waals surface area contributed by atoms with E-state index < -0.39 is 0 Å². The molecular formula is C15H22O3. The lowest BCUT2D eigenvalue weighted by Gasteiger charge is -2.21. The van der Waals surface area contributed by atoms with Crippen molar-refractivity contribution < 1.29 is 14.3 Å². The second kappa shape index (κ2) is 6.43. The van der Waals surface area contributed by atoms with E-state index >= 15 is 0 Å². The Kier molecular flexibility index (Phi) is 5.20. The number of carbonyl (C=O) groups is 1. The maximum Gasteiger partial charge on any atom is 0.313 e. The Bertz CT molecular complexity index is 410. The minimum Gasteiger partial charge on any atom is -0.497 e. The summed E-state index contributed by atoms with van der Waals surface area (Å²) in [4.78, 5) is 12.0. The minimum absolute atomic E-state index is 0.152. The van der Waals surface area contributed by atoms with E-state index in [1.165, 1.54) is 0 Å². The number of hydrogen-bond acceptors (Lipinski definition) is 3. The van der Waals surface area contributed by atoms with Crippen molar-refractivity contribution in [3.8, 4) is 5.75 Å². The van der Waals surface area contributed by atoms with Crippen LogP contribution in [0.15, 0.2) is 18.2 Å². The van der Waals surface area contributed by atoms with Gasteiger partial charge in [-0.3, -0.25) is 4.79 Å². The monoisotopic (exact) mass is 250 g/mol. The molecule has 0 fully saturated rings. The van der Waals surface area contributed by atoms with Crippen molar-refractivity contribution in [2.24, 2.45) is 5.92 Å².